The van der Waals surface area contributed by atoms with Crippen LogP contribution in [0.4, 0.5) is 4.39 Å². The second-order valence-electron chi connectivity index (χ2n) is 4.50. The standard InChI is InChI=1S/C15H10FN5S/c1-10-9-22-15(18-10)21-14(13(8-17)19-20-21)7-4-11-2-5-12(16)6-3-11/h2-7,9H,1H3/b7-4+. The third-order valence-corrected chi connectivity index (χ3v) is 3.84. The highest BCUT2D eigenvalue weighted by molar-refractivity contribution is 7.12. The fourth-order valence-corrected chi connectivity index (χ4v) is 2.61. The average molecular weight is 311 g/mol. The summed E-state index contributed by atoms with van der Waals surface area (Å²) in [5.41, 5.74) is 2.45. The Morgan fingerprint density at radius 3 is 2.68 bits per heavy atom. The lowest BCUT2D eigenvalue weighted by molar-refractivity contribution is 0.628. The van der Waals surface area contributed by atoms with Crippen LogP contribution in [0.1, 0.15) is 22.6 Å². The molecule has 0 N–H and O–H groups in total. The molecule has 0 spiro atoms. The van der Waals surface area contributed by atoms with Crippen LogP contribution in [0.15, 0.2) is 29.6 Å². The van der Waals surface area contributed by atoms with E-state index in [2.05, 4.69) is 15.3 Å². The van der Waals surface area contributed by atoms with Gasteiger partial charge in [-0.3, -0.25) is 0 Å². The van der Waals surface area contributed by atoms with E-state index in [9.17, 15) is 4.39 Å². The first kappa shape index (κ1) is 14.1. The first-order valence-corrected chi connectivity index (χ1v) is 7.27. The van der Waals surface area contributed by atoms with Gasteiger partial charge < -0.3 is 0 Å². The van der Waals surface area contributed by atoms with E-state index in [1.807, 2.05) is 18.4 Å². The summed E-state index contributed by atoms with van der Waals surface area (Å²) in [7, 11) is 0. The highest BCUT2D eigenvalue weighted by Crippen LogP contribution is 2.19. The van der Waals surface area contributed by atoms with Gasteiger partial charge in [-0.05, 0) is 30.7 Å². The Morgan fingerprint density at radius 2 is 2.05 bits per heavy atom. The number of rotatable bonds is 3. The van der Waals surface area contributed by atoms with Crippen molar-refractivity contribution in [2.45, 2.75) is 6.92 Å². The predicted molar refractivity (Wildman–Crippen MR) is 81.8 cm³/mol. The Labute approximate surface area is 130 Å². The van der Waals surface area contributed by atoms with E-state index >= 15 is 0 Å². The van der Waals surface area contributed by atoms with Gasteiger partial charge in [0.25, 0.3) is 0 Å². The predicted octanol–water partition coefficient (Wildman–Crippen LogP) is 3.21. The molecular weight excluding hydrogens is 301 g/mol. The Morgan fingerprint density at radius 1 is 1.27 bits per heavy atom. The molecule has 1 aromatic carbocycles. The molecule has 3 aromatic rings. The Hall–Kier alpha value is -2.85. The van der Waals surface area contributed by atoms with E-state index in [0.717, 1.165) is 11.3 Å². The molecule has 0 saturated heterocycles. The molecule has 5 nitrogen and oxygen atoms in total. The van der Waals surface area contributed by atoms with E-state index in [-0.39, 0.29) is 11.5 Å². The molecule has 2 heterocycles. The lowest BCUT2D eigenvalue weighted by Crippen LogP contribution is -1.99. The van der Waals surface area contributed by atoms with Gasteiger partial charge in [-0.2, -0.15) is 9.94 Å². The van der Waals surface area contributed by atoms with Gasteiger partial charge in [-0.15, -0.1) is 16.4 Å². The summed E-state index contributed by atoms with van der Waals surface area (Å²) in [6, 6.07) is 8.07. The summed E-state index contributed by atoms with van der Waals surface area (Å²) in [5, 5.41) is 19.5. The molecule has 0 amide bonds. The summed E-state index contributed by atoms with van der Waals surface area (Å²) in [6.45, 7) is 1.89. The van der Waals surface area contributed by atoms with Crippen LogP contribution in [-0.2, 0) is 0 Å². The van der Waals surface area contributed by atoms with E-state index in [1.54, 1.807) is 24.3 Å². The minimum absolute atomic E-state index is 0.214. The molecule has 2 aromatic heterocycles. The van der Waals surface area contributed by atoms with Crippen LogP contribution in [0.25, 0.3) is 17.3 Å². The number of benzene rings is 1. The van der Waals surface area contributed by atoms with Crippen LogP contribution in [0, 0.1) is 24.1 Å². The molecule has 3 rings (SSSR count). The van der Waals surface area contributed by atoms with Gasteiger partial charge in [0.15, 0.2) is 5.69 Å². The van der Waals surface area contributed by atoms with Crippen LogP contribution in [-0.4, -0.2) is 20.0 Å². The second-order valence-corrected chi connectivity index (χ2v) is 5.34. The van der Waals surface area contributed by atoms with Crippen LogP contribution >= 0.6 is 11.3 Å². The van der Waals surface area contributed by atoms with Crippen LogP contribution in [0.3, 0.4) is 0 Å². The fraction of sp³-hybridized carbons (Fsp3) is 0.0667. The summed E-state index contributed by atoms with van der Waals surface area (Å²) in [4.78, 5) is 4.34. The smallest absolute Gasteiger partial charge is 0.212 e. The van der Waals surface area contributed by atoms with Crippen molar-refractivity contribution in [1.82, 2.24) is 20.0 Å². The monoisotopic (exact) mass is 311 g/mol. The number of nitrogens with zero attached hydrogens (tertiary/aromatic N) is 5. The quantitative estimate of drug-likeness (QED) is 0.745. The van der Waals surface area contributed by atoms with Crippen molar-refractivity contribution >= 4 is 23.5 Å². The number of hydrogen-bond acceptors (Lipinski definition) is 5. The highest BCUT2D eigenvalue weighted by Gasteiger charge is 2.13. The molecule has 22 heavy (non-hydrogen) atoms. The van der Waals surface area contributed by atoms with Gasteiger partial charge in [0.05, 0.1) is 5.69 Å². The van der Waals surface area contributed by atoms with Crippen molar-refractivity contribution in [3.05, 3.63) is 58.1 Å². The number of hydrogen-bond donors (Lipinski definition) is 0. The SMILES string of the molecule is Cc1csc(-n2nnc(C#N)c2/C=C/c2ccc(F)cc2)n1. The number of thiazole rings is 1. The summed E-state index contributed by atoms with van der Waals surface area (Å²) >= 11 is 1.42. The fourth-order valence-electron chi connectivity index (χ4n) is 1.85. The van der Waals surface area contributed by atoms with Crippen molar-refractivity contribution in [2.75, 3.05) is 0 Å². The topological polar surface area (TPSA) is 67.4 Å². The van der Waals surface area contributed by atoms with Crippen molar-refractivity contribution < 1.29 is 4.39 Å². The summed E-state index contributed by atoms with van der Waals surface area (Å²) in [6.07, 6.45) is 3.50. The molecule has 7 heteroatoms. The molecular formula is C15H10FN5S. The van der Waals surface area contributed by atoms with Crippen LogP contribution in [0.2, 0.25) is 0 Å². The lowest BCUT2D eigenvalue weighted by Gasteiger charge is -1.98. The van der Waals surface area contributed by atoms with Gasteiger partial charge >= 0.3 is 0 Å². The third-order valence-electron chi connectivity index (χ3n) is 2.90. The maximum Gasteiger partial charge on any atom is 0.212 e. The van der Waals surface area contributed by atoms with Crippen LogP contribution in [0.5, 0.6) is 0 Å². The number of nitriles is 1. The Balaban J connectivity index is 2.00. The first-order valence-electron chi connectivity index (χ1n) is 6.39. The zero-order valence-electron chi connectivity index (χ0n) is 11.6. The molecule has 0 unspecified atom stereocenters. The summed E-state index contributed by atoms with van der Waals surface area (Å²) < 4.78 is 14.4. The molecule has 0 atom stereocenters. The second kappa shape index (κ2) is 5.87. The number of aromatic nitrogens is 4. The molecule has 0 aliphatic carbocycles. The van der Waals surface area contributed by atoms with E-state index in [4.69, 9.17) is 5.26 Å². The average Bonchev–Trinajstić information content (AvgIpc) is 3.12. The number of halogens is 1. The maximum atomic E-state index is 12.9. The minimum Gasteiger partial charge on any atom is -0.224 e. The van der Waals surface area contributed by atoms with Crippen LogP contribution < -0.4 is 0 Å². The van der Waals surface area contributed by atoms with Crippen molar-refractivity contribution in [1.29, 1.82) is 5.26 Å². The van der Waals surface area contributed by atoms with Crippen molar-refractivity contribution in [2.24, 2.45) is 0 Å². The molecule has 108 valence electrons. The van der Waals surface area contributed by atoms with Gasteiger partial charge in [0.1, 0.15) is 17.6 Å². The Bertz CT molecular complexity index is 870. The lowest BCUT2D eigenvalue weighted by atomic mass is 10.2. The molecule has 0 radical (unpaired) electrons. The molecule has 0 aliphatic heterocycles. The van der Waals surface area contributed by atoms with E-state index < -0.39 is 0 Å². The van der Waals surface area contributed by atoms with Gasteiger partial charge in [-0.25, -0.2) is 9.37 Å². The first-order chi connectivity index (χ1) is 10.7. The molecule has 0 saturated carbocycles. The van der Waals surface area contributed by atoms with Gasteiger partial charge in [0.2, 0.25) is 5.13 Å². The molecule has 0 bridgehead atoms. The normalized spacial score (nSPS) is 11.0. The van der Waals surface area contributed by atoms with Crippen molar-refractivity contribution in [3.63, 3.8) is 0 Å². The molecule has 0 fully saturated rings. The van der Waals surface area contributed by atoms with Crippen molar-refractivity contribution in [3.8, 4) is 11.2 Å². The number of aryl methyl sites for hydroxylation is 1. The molecule has 0 aliphatic rings. The van der Waals surface area contributed by atoms with E-state index in [1.165, 1.54) is 28.2 Å². The summed E-state index contributed by atoms with van der Waals surface area (Å²) in [5.74, 6) is -0.292. The zero-order valence-corrected chi connectivity index (χ0v) is 12.4. The van der Waals surface area contributed by atoms with Gasteiger partial charge in [-0.1, -0.05) is 23.4 Å². The maximum absolute atomic E-state index is 12.9. The van der Waals surface area contributed by atoms with E-state index in [0.29, 0.717) is 10.8 Å². The zero-order chi connectivity index (χ0) is 15.5. The van der Waals surface area contributed by atoms with Gasteiger partial charge in [0, 0.05) is 5.38 Å². The minimum atomic E-state index is -0.292. The third kappa shape index (κ3) is 2.77. The largest absolute Gasteiger partial charge is 0.224 e. The Kier molecular flexibility index (Phi) is 3.76. The highest BCUT2D eigenvalue weighted by atomic mass is 32.1.